The Morgan fingerprint density at radius 1 is 1.00 bits per heavy atom. The van der Waals surface area contributed by atoms with Gasteiger partial charge in [-0.25, -0.2) is 0 Å². The number of nitriles is 1. The third kappa shape index (κ3) is 4.54. The zero-order valence-electron chi connectivity index (χ0n) is 16.2. The molecule has 140 valence electrons. The predicted molar refractivity (Wildman–Crippen MR) is 112 cm³/mol. The van der Waals surface area contributed by atoms with Crippen LogP contribution in [0, 0.1) is 11.3 Å². The first-order valence-corrected chi connectivity index (χ1v) is 9.01. The lowest BCUT2D eigenvalue weighted by atomic mass is 9.86. The van der Waals surface area contributed by atoms with E-state index in [1.165, 1.54) is 0 Å². The molecule has 28 heavy (non-hydrogen) atoms. The molecule has 1 aromatic heterocycles. The topological polar surface area (TPSA) is 77.8 Å². The highest BCUT2D eigenvalue weighted by Gasteiger charge is 2.19. The van der Waals surface area contributed by atoms with Crippen molar-refractivity contribution in [1.29, 1.82) is 5.26 Å². The summed E-state index contributed by atoms with van der Waals surface area (Å²) >= 11 is 0. The molecule has 0 saturated carbocycles. The van der Waals surface area contributed by atoms with Gasteiger partial charge in [0.25, 0.3) is 5.91 Å². The van der Waals surface area contributed by atoms with Crippen LogP contribution in [-0.4, -0.2) is 10.9 Å². The van der Waals surface area contributed by atoms with Crippen LogP contribution in [0.2, 0.25) is 0 Å². The summed E-state index contributed by atoms with van der Waals surface area (Å²) in [5.41, 5.74) is 4.25. The molecule has 0 saturated heterocycles. The van der Waals surface area contributed by atoms with Gasteiger partial charge >= 0.3 is 0 Å². The van der Waals surface area contributed by atoms with Crippen molar-refractivity contribution in [2.24, 2.45) is 0 Å². The molecule has 0 radical (unpaired) electrons. The molecule has 0 aliphatic carbocycles. The summed E-state index contributed by atoms with van der Waals surface area (Å²) in [4.78, 5) is 16.9. The molecular formula is C23H22N4O. The average molecular weight is 370 g/mol. The van der Waals surface area contributed by atoms with E-state index >= 15 is 0 Å². The number of hydrogen-bond donors (Lipinski definition) is 2. The van der Waals surface area contributed by atoms with Crippen molar-refractivity contribution in [3.8, 4) is 6.07 Å². The predicted octanol–water partition coefficient (Wildman–Crippen LogP) is 5.25. The van der Waals surface area contributed by atoms with E-state index in [-0.39, 0.29) is 11.3 Å². The van der Waals surface area contributed by atoms with Crippen LogP contribution >= 0.6 is 0 Å². The number of nitrogens with zero attached hydrogens (tertiary/aromatic N) is 2. The summed E-state index contributed by atoms with van der Waals surface area (Å²) < 4.78 is 0. The minimum absolute atomic E-state index is 0.0870. The molecule has 3 aromatic rings. The van der Waals surface area contributed by atoms with Gasteiger partial charge in [0, 0.05) is 23.3 Å². The van der Waals surface area contributed by atoms with Crippen LogP contribution in [0.25, 0.3) is 0 Å². The fourth-order valence-corrected chi connectivity index (χ4v) is 2.86. The van der Waals surface area contributed by atoms with Crippen LogP contribution in [0.4, 0.5) is 17.1 Å². The summed E-state index contributed by atoms with van der Waals surface area (Å²) in [6.07, 6.45) is 1.59. The van der Waals surface area contributed by atoms with Crippen molar-refractivity contribution >= 4 is 23.0 Å². The lowest BCUT2D eigenvalue weighted by Crippen LogP contribution is -2.19. The van der Waals surface area contributed by atoms with Crippen LogP contribution in [0.5, 0.6) is 0 Å². The second-order valence-corrected chi connectivity index (χ2v) is 7.49. The van der Waals surface area contributed by atoms with Crippen LogP contribution in [0.1, 0.15) is 42.4 Å². The van der Waals surface area contributed by atoms with Crippen molar-refractivity contribution in [3.63, 3.8) is 0 Å². The third-order valence-electron chi connectivity index (χ3n) is 4.28. The molecule has 0 bridgehead atoms. The summed E-state index contributed by atoms with van der Waals surface area (Å²) in [6.45, 7) is 6.33. The molecule has 0 aliphatic heterocycles. The summed E-state index contributed by atoms with van der Waals surface area (Å²) in [5, 5.41) is 15.1. The van der Waals surface area contributed by atoms with E-state index in [0.717, 1.165) is 22.6 Å². The quantitative estimate of drug-likeness (QED) is 0.658. The molecule has 0 spiro atoms. The molecular weight excluding hydrogens is 348 g/mol. The van der Waals surface area contributed by atoms with E-state index in [9.17, 15) is 4.79 Å². The number of benzene rings is 2. The number of nitrogens with one attached hydrogen (secondary N) is 2. The SMILES string of the molecule is CC(C)(C)c1ccccc1NC(=O)c1cc(Nc2ccc(C#N)cc2)ccn1. The molecule has 3 rings (SSSR count). The molecule has 0 aliphatic rings. The van der Waals surface area contributed by atoms with Crippen molar-refractivity contribution in [3.05, 3.63) is 83.7 Å². The van der Waals surface area contributed by atoms with Gasteiger partial charge < -0.3 is 10.6 Å². The van der Waals surface area contributed by atoms with Crippen molar-refractivity contribution in [2.75, 3.05) is 10.6 Å². The molecule has 5 heteroatoms. The number of aromatic nitrogens is 1. The number of carbonyl (C=O) groups excluding carboxylic acids is 1. The van der Waals surface area contributed by atoms with E-state index in [1.807, 2.05) is 36.4 Å². The third-order valence-corrected chi connectivity index (χ3v) is 4.28. The van der Waals surface area contributed by atoms with E-state index in [1.54, 1.807) is 30.5 Å². The molecule has 1 heterocycles. The smallest absolute Gasteiger partial charge is 0.274 e. The Labute approximate surface area is 165 Å². The number of anilines is 3. The Kier molecular flexibility index (Phi) is 5.42. The minimum atomic E-state index is -0.264. The molecule has 2 aromatic carbocycles. The zero-order chi connectivity index (χ0) is 20.1. The van der Waals surface area contributed by atoms with Gasteiger partial charge in [-0.05, 0) is 53.4 Å². The normalized spacial score (nSPS) is 10.8. The monoisotopic (exact) mass is 370 g/mol. The highest BCUT2D eigenvalue weighted by atomic mass is 16.1. The van der Waals surface area contributed by atoms with E-state index in [4.69, 9.17) is 5.26 Å². The lowest BCUT2D eigenvalue weighted by molar-refractivity contribution is 0.102. The zero-order valence-corrected chi connectivity index (χ0v) is 16.2. The van der Waals surface area contributed by atoms with Crippen LogP contribution < -0.4 is 10.6 Å². The second kappa shape index (κ2) is 7.93. The Balaban J connectivity index is 1.79. The molecule has 2 N–H and O–H groups in total. The Hall–Kier alpha value is -3.65. The molecule has 0 atom stereocenters. The number of amides is 1. The second-order valence-electron chi connectivity index (χ2n) is 7.49. The highest BCUT2D eigenvalue weighted by Crippen LogP contribution is 2.29. The van der Waals surface area contributed by atoms with E-state index in [2.05, 4.69) is 42.5 Å². The summed E-state index contributed by atoms with van der Waals surface area (Å²) in [5.74, 6) is -0.264. The molecule has 0 fully saturated rings. The lowest BCUT2D eigenvalue weighted by Gasteiger charge is -2.23. The molecule has 5 nitrogen and oxygen atoms in total. The summed E-state index contributed by atoms with van der Waals surface area (Å²) in [7, 11) is 0. The maximum atomic E-state index is 12.7. The van der Waals surface area contributed by atoms with Crippen molar-refractivity contribution in [2.45, 2.75) is 26.2 Å². The minimum Gasteiger partial charge on any atom is -0.355 e. The van der Waals surface area contributed by atoms with Crippen molar-refractivity contribution < 1.29 is 4.79 Å². The molecule has 1 amide bonds. The summed E-state index contributed by atoms with van der Waals surface area (Å²) in [6, 6.07) is 20.5. The van der Waals surface area contributed by atoms with Gasteiger partial charge in [-0.1, -0.05) is 39.0 Å². The van der Waals surface area contributed by atoms with E-state index in [0.29, 0.717) is 11.3 Å². The van der Waals surface area contributed by atoms with Crippen LogP contribution in [0.3, 0.4) is 0 Å². The first kappa shape index (κ1) is 19.1. The van der Waals surface area contributed by atoms with Gasteiger partial charge in [0.2, 0.25) is 0 Å². The number of hydrogen-bond acceptors (Lipinski definition) is 4. The van der Waals surface area contributed by atoms with Gasteiger partial charge in [0.1, 0.15) is 5.69 Å². The number of rotatable bonds is 4. The first-order chi connectivity index (χ1) is 13.4. The van der Waals surface area contributed by atoms with Gasteiger partial charge in [-0.2, -0.15) is 5.26 Å². The highest BCUT2D eigenvalue weighted by molar-refractivity contribution is 6.04. The fourth-order valence-electron chi connectivity index (χ4n) is 2.86. The van der Waals surface area contributed by atoms with Crippen molar-refractivity contribution in [1.82, 2.24) is 4.98 Å². The number of pyridine rings is 1. The standard InChI is InChI=1S/C23H22N4O/c1-23(2,3)19-6-4-5-7-20(19)27-22(28)21-14-18(12-13-25-21)26-17-10-8-16(15-24)9-11-17/h4-14H,1-3H3,(H,25,26)(H,27,28). The van der Waals surface area contributed by atoms with Crippen LogP contribution in [-0.2, 0) is 5.41 Å². The average Bonchev–Trinajstić information content (AvgIpc) is 2.68. The van der Waals surface area contributed by atoms with Gasteiger partial charge in [-0.15, -0.1) is 0 Å². The van der Waals surface area contributed by atoms with Gasteiger partial charge in [0.15, 0.2) is 0 Å². The maximum absolute atomic E-state index is 12.7. The van der Waals surface area contributed by atoms with E-state index < -0.39 is 0 Å². The Morgan fingerprint density at radius 2 is 1.71 bits per heavy atom. The Morgan fingerprint density at radius 3 is 2.39 bits per heavy atom. The largest absolute Gasteiger partial charge is 0.355 e. The van der Waals surface area contributed by atoms with Gasteiger partial charge in [-0.3, -0.25) is 9.78 Å². The van der Waals surface area contributed by atoms with Crippen LogP contribution in [0.15, 0.2) is 66.9 Å². The molecule has 0 unspecified atom stereocenters. The fraction of sp³-hybridized carbons (Fsp3) is 0.174. The maximum Gasteiger partial charge on any atom is 0.274 e. The Bertz CT molecular complexity index is 1030. The number of carbonyl (C=O) groups is 1. The first-order valence-electron chi connectivity index (χ1n) is 9.01. The van der Waals surface area contributed by atoms with Gasteiger partial charge in [0.05, 0.1) is 11.6 Å². The number of para-hydroxylation sites is 1.